The van der Waals surface area contributed by atoms with Crippen LogP contribution in [0.4, 0.5) is 0 Å². The quantitative estimate of drug-likeness (QED) is 0.523. The predicted molar refractivity (Wildman–Crippen MR) is 60.5 cm³/mol. The number of carbonyl (C=O) groups excluding carboxylic acids is 1. The molecule has 0 aliphatic heterocycles. The highest BCUT2D eigenvalue weighted by molar-refractivity contribution is 5.75. The van der Waals surface area contributed by atoms with E-state index in [0.717, 1.165) is 32.4 Å². The predicted octanol–water partition coefficient (Wildman–Crippen LogP) is 1.58. The van der Waals surface area contributed by atoms with E-state index in [2.05, 4.69) is 5.32 Å². The van der Waals surface area contributed by atoms with Crippen molar-refractivity contribution in [2.24, 2.45) is 5.73 Å². The van der Waals surface area contributed by atoms with E-state index in [4.69, 9.17) is 5.73 Å². The van der Waals surface area contributed by atoms with Crippen LogP contribution in [0.3, 0.4) is 0 Å². The van der Waals surface area contributed by atoms with Gasteiger partial charge >= 0.3 is 0 Å². The fourth-order valence-electron chi connectivity index (χ4n) is 1.17. The fourth-order valence-corrected chi connectivity index (χ4v) is 1.17. The van der Waals surface area contributed by atoms with Gasteiger partial charge in [-0.3, -0.25) is 4.79 Å². The molecular formula is C10H25N3O. The minimum Gasteiger partial charge on any atom is -0.356 e. The number of nitrogens with one attached hydrogen (secondary N) is 1. The third-order valence-corrected chi connectivity index (χ3v) is 1.93. The topological polar surface area (TPSA) is 90.1 Å². The van der Waals surface area contributed by atoms with Gasteiger partial charge in [0.15, 0.2) is 0 Å². The van der Waals surface area contributed by atoms with Crippen LogP contribution < -0.4 is 17.2 Å². The Hall–Kier alpha value is -0.610. The molecule has 0 aromatic carbocycles. The molecule has 14 heavy (non-hydrogen) atoms. The number of hydrogen-bond donors (Lipinski definition) is 3. The average Bonchev–Trinajstić information content (AvgIpc) is 2.11. The normalized spacial score (nSPS) is 9.29. The molecule has 0 unspecified atom stereocenters. The van der Waals surface area contributed by atoms with Gasteiger partial charge in [0.05, 0.1) is 0 Å². The highest BCUT2D eigenvalue weighted by Crippen LogP contribution is 1.97. The van der Waals surface area contributed by atoms with Crippen molar-refractivity contribution < 1.29 is 4.79 Å². The molecule has 0 fully saturated rings. The van der Waals surface area contributed by atoms with Crippen LogP contribution in [-0.4, -0.2) is 19.0 Å². The lowest BCUT2D eigenvalue weighted by Gasteiger charge is -2.03. The number of hydrogen-bond acceptors (Lipinski definition) is 3. The first-order chi connectivity index (χ1) is 6.31. The molecule has 0 aliphatic rings. The second kappa shape index (κ2) is 12.4. The molecule has 86 valence electrons. The first kappa shape index (κ1) is 15.8. The molecule has 0 bridgehead atoms. The van der Waals surface area contributed by atoms with Crippen molar-refractivity contribution in [1.82, 2.24) is 11.5 Å². The Bertz CT molecular complexity index is 129. The van der Waals surface area contributed by atoms with Gasteiger partial charge in [0, 0.05) is 13.0 Å². The molecule has 0 rings (SSSR count). The summed E-state index contributed by atoms with van der Waals surface area (Å²) < 4.78 is 0. The lowest BCUT2D eigenvalue weighted by molar-refractivity contribution is -0.121. The van der Waals surface area contributed by atoms with Crippen LogP contribution in [-0.2, 0) is 4.79 Å². The van der Waals surface area contributed by atoms with Crippen LogP contribution in [0.5, 0.6) is 0 Å². The van der Waals surface area contributed by atoms with Crippen molar-refractivity contribution in [3.8, 4) is 0 Å². The Kier molecular flexibility index (Phi) is 14.0. The van der Waals surface area contributed by atoms with E-state index in [0.29, 0.717) is 6.42 Å². The summed E-state index contributed by atoms with van der Waals surface area (Å²) in [4.78, 5) is 11.0. The van der Waals surface area contributed by atoms with E-state index in [9.17, 15) is 4.79 Å². The molecule has 0 saturated carbocycles. The smallest absolute Gasteiger partial charge is 0.219 e. The maximum atomic E-state index is 11.0. The average molecular weight is 203 g/mol. The maximum Gasteiger partial charge on any atom is 0.219 e. The molecule has 0 saturated heterocycles. The number of carbonyl (C=O) groups is 1. The van der Waals surface area contributed by atoms with Crippen molar-refractivity contribution in [2.45, 2.75) is 45.4 Å². The Morgan fingerprint density at radius 3 is 2.43 bits per heavy atom. The third-order valence-electron chi connectivity index (χ3n) is 1.93. The van der Waals surface area contributed by atoms with Crippen molar-refractivity contribution in [3.63, 3.8) is 0 Å². The summed E-state index contributed by atoms with van der Waals surface area (Å²) in [6.07, 6.45) is 6.12. The first-order valence-electron chi connectivity index (χ1n) is 5.28. The van der Waals surface area contributed by atoms with E-state index in [1.54, 1.807) is 0 Å². The van der Waals surface area contributed by atoms with E-state index < -0.39 is 0 Å². The highest BCUT2D eigenvalue weighted by atomic mass is 16.1. The summed E-state index contributed by atoms with van der Waals surface area (Å²) in [6.45, 7) is 3.62. The number of nitrogens with two attached hydrogens (primary N) is 1. The van der Waals surface area contributed by atoms with Gasteiger partial charge in [-0.1, -0.05) is 19.8 Å². The summed E-state index contributed by atoms with van der Waals surface area (Å²) in [5.74, 6) is 0.182. The standard InChI is InChI=1S/C10H22N2O.H3N/c1-2-7-10(13)12-9-6-4-3-5-8-11;/h2-9,11H2,1H3,(H,12,13);1H3. The minimum absolute atomic E-state index is 0. The van der Waals surface area contributed by atoms with Crippen LogP contribution in [0.2, 0.25) is 0 Å². The molecule has 0 aromatic rings. The lowest BCUT2D eigenvalue weighted by Crippen LogP contribution is -2.23. The number of amides is 1. The van der Waals surface area contributed by atoms with Crippen LogP contribution in [0.25, 0.3) is 0 Å². The Morgan fingerprint density at radius 1 is 1.21 bits per heavy atom. The second-order valence-electron chi connectivity index (χ2n) is 3.30. The zero-order chi connectivity index (χ0) is 9.94. The molecule has 0 aromatic heterocycles. The summed E-state index contributed by atoms with van der Waals surface area (Å²) in [5, 5.41) is 2.89. The maximum absolute atomic E-state index is 11.0. The highest BCUT2D eigenvalue weighted by Gasteiger charge is 1.96. The summed E-state index contributed by atoms with van der Waals surface area (Å²) in [6, 6.07) is 0. The van der Waals surface area contributed by atoms with Gasteiger partial charge in [-0.2, -0.15) is 0 Å². The van der Waals surface area contributed by atoms with Crippen LogP contribution >= 0.6 is 0 Å². The molecule has 0 atom stereocenters. The Balaban J connectivity index is 0. The zero-order valence-electron chi connectivity index (χ0n) is 9.35. The van der Waals surface area contributed by atoms with Gasteiger partial charge in [-0.05, 0) is 25.8 Å². The van der Waals surface area contributed by atoms with Crippen LogP contribution in [0.1, 0.15) is 45.4 Å². The molecule has 0 spiro atoms. The van der Waals surface area contributed by atoms with Crippen molar-refractivity contribution in [1.29, 1.82) is 0 Å². The zero-order valence-corrected chi connectivity index (χ0v) is 9.35. The van der Waals surface area contributed by atoms with Crippen LogP contribution in [0.15, 0.2) is 0 Å². The largest absolute Gasteiger partial charge is 0.356 e. The molecular weight excluding hydrogens is 178 g/mol. The molecule has 6 N–H and O–H groups in total. The van der Waals surface area contributed by atoms with Crippen molar-refractivity contribution in [2.75, 3.05) is 13.1 Å². The van der Waals surface area contributed by atoms with Crippen molar-refractivity contribution >= 4 is 5.91 Å². The third kappa shape index (κ3) is 11.4. The Morgan fingerprint density at radius 2 is 1.86 bits per heavy atom. The fraction of sp³-hybridized carbons (Fsp3) is 0.900. The van der Waals surface area contributed by atoms with Gasteiger partial charge in [-0.15, -0.1) is 0 Å². The van der Waals surface area contributed by atoms with E-state index in [1.165, 1.54) is 12.8 Å². The monoisotopic (exact) mass is 203 g/mol. The molecule has 4 heteroatoms. The van der Waals surface area contributed by atoms with E-state index in [-0.39, 0.29) is 12.1 Å². The van der Waals surface area contributed by atoms with Gasteiger partial charge in [-0.25, -0.2) is 0 Å². The molecule has 1 amide bonds. The second-order valence-corrected chi connectivity index (χ2v) is 3.30. The summed E-state index contributed by atoms with van der Waals surface area (Å²) in [5.41, 5.74) is 5.36. The van der Waals surface area contributed by atoms with Crippen molar-refractivity contribution in [3.05, 3.63) is 0 Å². The lowest BCUT2D eigenvalue weighted by atomic mass is 10.2. The number of rotatable bonds is 8. The van der Waals surface area contributed by atoms with Gasteiger partial charge < -0.3 is 17.2 Å². The Labute approximate surface area is 87.2 Å². The summed E-state index contributed by atoms with van der Waals surface area (Å²) in [7, 11) is 0. The molecule has 0 heterocycles. The van der Waals surface area contributed by atoms with E-state index >= 15 is 0 Å². The van der Waals surface area contributed by atoms with Gasteiger partial charge in [0.1, 0.15) is 0 Å². The van der Waals surface area contributed by atoms with Gasteiger partial charge in [0.2, 0.25) is 5.91 Å². The SMILES string of the molecule is CCCC(=O)NCCCCCCN.N. The number of unbranched alkanes of at least 4 members (excludes halogenated alkanes) is 3. The minimum atomic E-state index is 0. The molecule has 0 aliphatic carbocycles. The van der Waals surface area contributed by atoms with E-state index in [1.807, 2.05) is 6.92 Å². The van der Waals surface area contributed by atoms with Gasteiger partial charge in [0.25, 0.3) is 0 Å². The first-order valence-corrected chi connectivity index (χ1v) is 5.28. The molecule has 4 nitrogen and oxygen atoms in total. The van der Waals surface area contributed by atoms with Crippen LogP contribution in [0, 0.1) is 0 Å². The summed E-state index contributed by atoms with van der Waals surface area (Å²) >= 11 is 0. The molecule has 0 radical (unpaired) electrons.